The van der Waals surface area contributed by atoms with Crippen LogP contribution in [-0.2, 0) is 6.54 Å². The van der Waals surface area contributed by atoms with Crippen LogP contribution in [0.1, 0.15) is 44.7 Å². The highest BCUT2D eigenvalue weighted by molar-refractivity contribution is 5.52. The number of aliphatic hydroxyl groups is 1. The number of fused-ring (bicyclic) bond motifs is 1. The quantitative estimate of drug-likeness (QED) is 0.875. The molecule has 2 aromatic heterocycles. The van der Waals surface area contributed by atoms with Crippen LogP contribution in [0.3, 0.4) is 0 Å². The summed E-state index contributed by atoms with van der Waals surface area (Å²) in [5.41, 5.74) is 0.708. The summed E-state index contributed by atoms with van der Waals surface area (Å²) in [6.45, 7) is 3.47. The van der Waals surface area contributed by atoms with E-state index in [9.17, 15) is 15.0 Å². The van der Waals surface area contributed by atoms with Gasteiger partial charge in [0.25, 0.3) is 5.56 Å². The first kappa shape index (κ1) is 16.9. The highest BCUT2D eigenvalue weighted by atomic mass is 16.3. The molecule has 1 fully saturated rings. The molecular formula is C18H25N3O3. The molecule has 2 N–H and O–H groups in total. The summed E-state index contributed by atoms with van der Waals surface area (Å²) >= 11 is 0. The van der Waals surface area contributed by atoms with Crippen molar-refractivity contribution in [2.75, 3.05) is 6.54 Å². The van der Waals surface area contributed by atoms with Crippen molar-refractivity contribution < 1.29 is 10.2 Å². The zero-order chi connectivity index (χ0) is 17.1. The van der Waals surface area contributed by atoms with Gasteiger partial charge in [-0.3, -0.25) is 14.1 Å². The van der Waals surface area contributed by atoms with Gasteiger partial charge in [-0.2, -0.15) is 0 Å². The van der Waals surface area contributed by atoms with Crippen LogP contribution in [0.4, 0.5) is 0 Å². The number of aliphatic hydroxyl groups excluding tert-OH is 1. The van der Waals surface area contributed by atoms with Crippen molar-refractivity contribution >= 4 is 5.65 Å². The van der Waals surface area contributed by atoms with Crippen molar-refractivity contribution in [3.8, 4) is 5.75 Å². The van der Waals surface area contributed by atoms with Gasteiger partial charge >= 0.3 is 0 Å². The molecule has 130 valence electrons. The Morgan fingerprint density at radius 3 is 2.92 bits per heavy atom. The summed E-state index contributed by atoms with van der Waals surface area (Å²) in [5, 5.41) is 20.3. The van der Waals surface area contributed by atoms with E-state index >= 15 is 0 Å². The SMILES string of the molecule is CCCN(Cc1cc(=O)n2cccc(O)c2n1)[C@@H]1CCCC[C@H]1O. The van der Waals surface area contributed by atoms with E-state index in [0.29, 0.717) is 12.2 Å². The maximum atomic E-state index is 12.3. The lowest BCUT2D eigenvalue weighted by molar-refractivity contribution is 0.0151. The number of rotatable bonds is 5. The molecule has 0 bridgehead atoms. The van der Waals surface area contributed by atoms with Crippen molar-refractivity contribution in [3.63, 3.8) is 0 Å². The summed E-state index contributed by atoms with van der Waals surface area (Å²) in [6, 6.07) is 4.78. The second kappa shape index (κ2) is 7.32. The smallest absolute Gasteiger partial charge is 0.258 e. The first-order valence-corrected chi connectivity index (χ1v) is 8.72. The number of hydrogen-bond donors (Lipinski definition) is 2. The minimum Gasteiger partial charge on any atom is -0.504 e. The molecule has 6 heteroatoms. The molecule has 1 aliphatic rings. The van der Waals surface area contributed by atoms with Crippen LogP contribution >= 0.6 is 0 Å². The zero-order valence-electron chi connectivity index (χ0n) is 14.1. The van der Waals surface area contributed by atoms with Gasteiger partial charge in [0.05, 0.1) is 11.8 Å². The van der Waals surface area contributed by atoms with E-state index in [1.165, 1.54) is 16.5 Å². The van der Waals surface area contributed by atoms with Crippen molar-refractivity contribution in [1.29, 1.82) is 0 Å². The Bertz CT molecular complexity index is 759. The fourth-order valence-corrected chi connectivity index (χ4v) is 3.61. The van der Waals surface area contributed by atoms with Gasteiger partial charge in [0.15, 0.2) is 11.4 Å². The Morgan fingerprint density at radius 1 is 1.38 bits per heavy atom. The molecule has 6 nitrogen and oxygen atoms in total. The summed E-state index contributed by atoms with van der Waals surface area (Å²) in [7, 11) is 0. The van der Waals surface area contributed by atoms with Crippen LogP contribution in [0.2, 0.25) is 0 Å². The van der Waals surface area contributed by atoms with Gasteiger partial charge in [-0.05, 0) is 37.9 Å². The number of aromatic hydroxyl groups is 1. The molecule has 0 amide bonds. The molecule has 2 heterocycles. The molecule has 0 spiro atoms. The van der Waals surface area contributed by atoms with E-state index in [1.54, 1.807) is 12.3 Å². The largest absolute Gasteiger partial charge is 0.504 e. The summed E-state index contributed by atoms with van der Waals surface area (Å²) < 4.78 is 1.35. The monoisotopic (exact) mass is 331 g/mol. The number of aromatic nitrogens is 2. The first-order valence-electron chi connectivity index (χ1n) is 8.72. The molecule has 0 saturated heterocycles. The highest BCUT2D eigenvalue weighted by Gasteiger charge is 2.28. The summed E-state index contributed by atoms with van der Waals surface area (Å²) in [5.74, 6) is -0.00353. The Hall–Kier alpha value is -1.92. The fourth-order valence-electron chi connectivity index (χ4n) is 3.61. The summed E-state index contributed by atoms with van der Waals surface area (Å²) in [4.78, 5) is 19.0. The third-order valence-corrected chi connectivity index (χ3v) is 4.76. The Morgan fingerprint density at radius 2 is 2.17 bits per heavy atom. The molecule has 2 aromatic rings. The molecule has 0 unspecified atom stereocenters. The number of hydrogen-bond acceptors (Lipinski definition) is 5. The molecule has 24 heavy (non-hydrogen) atoms. The van der Waals surface area contributed by atoms with Gasteiger partial charge < -0.3 is 10.2 Å². The van der Waals surface area contributed by atoms with E-state index in [4.69, 9.17) is 0 Å². The minimum atomic E-state index is -0.319. The number of pyridine rings is 1. The maximum absolute atomic E-state index is 12.3. The third-order valence-electron chi connectivity index (χ3n) is 4.76. The second-order valence-corrected chi connectivity index (χ2v) is 6.56. The summed E-state index contributed by atoms with van der Waals surface area (Å²) in [6.07, 6.45) is 6.25. The van der Waals surface area contributed by atoms with Gasteiger partial charge in [-0.1, -0.05) is 19.8 Å². The maximum Gasteiger partial charge on any atom is 0.258 e. The minimum absolute atomic E-state index is 0.00353. The molecular weight excluding hydrogens is 306 g/mol. The van der Waals surface area contributed by atoms with Gasteiger partial charge in [0.2, 0.25) is 0 Å². The lowest BCUT2D eigenvalue weighted by Gasteiger charge is -2.37. The predicted molar refractivity (Wildman–Crippen MR) is 92.1 cm³/mol. The predicted octanol–water partition coefficient (Wildman–Crippen LogP) is 1.92. The fraction of sp³-hybridized carbons (Fsp3) is 0.556. The van der Waals surface area contributed by atoms with Crippen LogP contribution in [-0.4, -0.2) is 43.2 Å². The van der Waals surface area contributed by atoms with Crippen LogP contribution in [0.25, 0.3) is 5.65 Å². The van der Waals surface area contributed by atoms with Crippen LogP contribution in [0.15, 0.2) is 29.2 Å². The van der Waals surface area contributed by atoms with Crippen LogP contribution in [0.5, 0.6) is 5.75 Å². The van der Waals surface area contributed by atoms with E-state index in [1.807, 2.05) is 0 Å². The molecule has 0 aliphatic heterocycles. The first-order chi connectivity index (χ1) is 11.6. The molecule has 0 aromatic carbocycles. The Balaban J connectivity index is 1.91. The Labute approximate surface area is 141 Å². The standard InChI is InChI=1S/C18H25N3O3/c1-2-9-20(14-6-3-4-7-15(14)22)12-13-11-17(24)21-10-5-8-16(23)18(21)19-13/h5,8,10-11,14-15,22-23H,2-4,6-7,9,12H2,1H3/t14-,15-/m1/s1. The van der Waals surface area contributed by atoms with Gasteiger partial charge in [-0.25, -0.2) is 4.98 Å². The Kier molecular flexibility index (Phi) is 5.16. The van der Waals surface area contributed by atoms with Gasteiger partial charge in [-0.15, -0.1) is 0 Å². The second-order valence-electron chi connectivity index (χ2n) is 6.56. The molecule has 0 radical (unpaired) electrons. The molecule has 1 saturated carbocycles. The van der Waals surface area contributed by atoms with Crippen molar-refractivity contribution in [1.82, 2.24) is 14.3 Å². The highest BCUT2D eigenvalue weighted by Crippen LogP contribution is 2.25. The van der Waals surface area contributed by atoms with E-state index in [-0.39, 0.29) is 29.1 Å². The van der Waals surface area contributed by atoms with Crippen molar-refractivity contribution in [2.45, 2.75) is 57.7 Å². The lowest BCUT2D eigenvalue weighted by atomic mass is 9.91. The zero-order valence-corrected chi connectivity index (χ0v) is 14.1. The normalized spacial score (nSPS) is 21.5. The van der Waals surface area contributed by atoms with E-state index in [0.717, 1.165) is 38.6 Å². The van der Waals surface area contributed by atoms with Crippen LogP contribution in [0, 0.1) is 0 Å². The number of nitrogens with zero attached hydrogens (tertiary/aromatic N) is 3. The van der Waals surface area contributed by atoms with Crippen molar-refractivity contribution in [3.05, 3.63) is 40.4 Å². The third kappa shape index (κ3) is 3.44. The van der Waals surface area contributed by atoms with Gasteiger partial charge in [0.1, 0.15) is 0 Å². The lowest BCUT2D eigenvalue weighted by Crippen LogP contribution is -2.45. The van der Waals surface area contributed by atoms with E-state index in [2.05, 4.69) is 16.8 Å². The van der Waals surface area contributed by atoms with Crippen LogP contribution < -0.4 is 5.56 Å². The average molecular weight is 331 g/mol. The van der Waals surface area contributed by atoms with Gasteiger partial charge in [0, 0.05) is 24.8 Å². The molecule has 3 rings (SSSR count). The average Bonchev–Trinajstić information content (AvgIpc) is 2.56. The topological polar surface area (TPSA) is 78.1 Å². The molecule has 2 atom stereocenters. The van der Waals surface area contributed by atoms with Crippen molar-refractivity contribution in [2.24, 2.45) is 0 Å². The molecule has 1 aliphatic carbocycles. The van der Waals surface area contributed by atoms with E-state index < -0.39 is 0 Å².